The number of likely N-dealkylation sites (tertiary alicyclic amines) is 1. The van der Waals surface area contributed by atoms with Crippen LogP contribution >= 0.6 is 0 Å². The quantitative estimate of drug-likeness (QED) is 0.373. The van der Waals surface area contributed by atoms with Gasteiger partial charge in [-0.15, -0.1) is 0 Å². The summed E-state index contributed by atoms with van der Waals surface area (Å²) in [6.07, 6.45) is 12.6. The van der Waals surface area contributed by atoms with Gasteiger partial charge in [0.2, 0.25) is 5.91 Å². The second-order valence-electron chi connectivity index (χ2n) is 7.78. The molecule has 0 bridgehead atoms. The molecule has 0 radical (unpaired) electrons. The first-order chi connectivity index (χ1) is 12.6. The maximum absolute atomic E-state index is 11.9. The Morgan fingerprint density at radius 2 is 1.65 bits per heavy atom. The van der Waals surface area contributed by atoms with E-state index in [1.807, 2.05) is 0 Å². The molecule has 0 saturated carbocycles. The Morgan fingerprint density at radius 1 is 0.962 bits per heavy atom. The zero-order valence-electron chi connectivity index (χ0n) is 17.1. The lowest BCUT2D eigenvalue weighted by Gasteiger charge is -2.27. The van der Waals surface area contributed by atoms with Crippen molar-refractivity contribution in [3.8, 4) is 0 Å². The van der Waals surface area contributed by atoms with E-state index in [9.17, 15) is 9.59 Å². The van der Waals surface area contributed by atoms with Gasteiger partial charge in [0.15, 0.2) is 0 Å². The molecule has 152 valence electrons. The smallest absolute Gasteiger partial charge is 0.305 e. The van der Waals surface area contributed by atoms with E-state index in [1.165, 1.54) is 52.4 Å². The number of nitrogens with one attached hydrogen (secondary N) is 1. The van der Waals surface area contributed by atoms with Crippen molar-refractivity contribution in [2.24, 2.45) is 5.92 Å². The number of carbonyl (C=O) groups is 2. The van der Waals surface area contributed by atoms with Crippen molar-refractivity contribution in [2.45, 2.75) is 84.0 Å². The SMILES string of the molecule is COC(=O)CCCCCCCNC(=O)CCC(C)CCN1CCCCC1. The van der Waals surface area contributed by atoms with E-state index in [0.717, 1.165) is 45.1 Å². The summed E-state index contributed by atoms with van der Waals surface area (Å²) in [5.41, 5.74) is 0. The number of nitrogens with zero attached hydrogens (tertiary/aromatic N) is 1. The van der Waals surface area contributed by atoms with Gasteiger partial charge in [-0.2, -0.15) is 0 Å². The Labute approximate surface area is 160 Å². The van der Waals surface area contributed by atoms with Crippen molar-refractivity contribution in [3.05, 3.63) is 0 Å². The first-order valence-corrected chi connectivity index (χ1v) is 10.7. The van der Waals surface area contributed by atoms with Gasteiger partial charge < -0.3 is 15.0 Å². The standard InChI is InChI=1S/C21H40N2O3/c1-19(14-18-23-16-9-6-10-17-23)12-13-20(24)22-15-8-5-3-4-7-11-21(25)26-2/h19H,3-18H2,1-2H3,(H,22,24). The topological polar surface area (TPSA) is 58.6 Å². The number of unbranched alkanes of at least 4 members (excludes halogenated alkanes) is 4. The molecule has 26 heavy (non-hydrogen) atoms. The second-order valence-corrected chi connectivity index (χ2v) is 7.78. The maximum atomic E-state index is 11.9. The molecule has 0 aromatic heterocycles. The average molecular weight is 369 g/mol. The lowest BCUT2D eigenvalue weighted by Crippen LogP contribution is -2.31. The molecular formula is C21H40N2O3. The van der Waals surface area contributed by atoms with E-state index >= 15 is 0 Å². The largest absolute Gasteiger partial charge is 0.469 e. The van der Waals surface area contributed by atoms with Crippen molar-refractivity contribution in [1.29, 1.82) is 0 Å². The summed E-state index contributed by atoms with van der Waals surface area (Å²) in [7, 11) is 1.43. The number of amides is 1. The van der Waals surface area contributed by atoms with E-state index in [2.05, 4.69) is 21.9 Å². The van der Waals surface area contributed by atoms with Crippen LogP contribution in [0, 0.1) is 5.92 Å². The van der Waals surface area contributed by atoms with E-state index < -0.39 is 0 Å². The average Bonchev–Trinajstić information content (AvgIpc) is 2.67. The molecule has 0 aliphatic carbocycles. The molecule has 1 heterocycles. The third kappa shape index (κ3) is 12.3. The van der Waals surface area contributed by atoms with Crippen LogP contribution in [0.1, 0.15) is 84.0 Å². The monoisotopic (exact) mass is 368 g/mol. The molecule has 1 unspecified atom stereocenters. The normalized spacial score (nSPS) is 16.2. The molecule has 1 amide bonds. The fourth-order valence-corrected chi connectivity index (χ4v) is 3.45. The highest BCUT2D eigenvalue weighted by molar-refractivity contribution is 5.75. The lowest BCUT2D eigenvalue weighted by molar-refractivity contribution is -0.140. The van der Waals surface area contributed by atoms with Gasteiger partial charge >= 0.3 is 5.97 Å². The molecule has 1 fully saturated rings. The molecule has 1 N–H and O–H groups in total. The Balaban J connectivity index is 1.89. The summed E-state index contributed by atoms with van der Waals surface area (Å²) in [6.45, 7) is 6.76. The Morgan fingerprint density at radius 3 is 2.38 bits per heavy atom. The van der Waals surface area contributed by atoms with E-state index in [1.54, 1.807) is 0 Å². The number of carbonyl (C=O) groups excluding carboxylic acids is 2. The molecule has 1 aliphatic rings. The van der Waals surface area contributed by atoms with Crippen LogP contribution in [-0.4, -0.2) is 50.1 Å². The van der Waals surface area contributed by atoms with Crippen LogP contribution in [0.3, 0.4) is 0 Å². The highest BCUT2D eigenvalue weighted by atomic mass is 16.5. The number of rotatable bonds is 14. The molecule has 0 aromatic carbocycles. The minimum absolute atomic E-state index is 0.123. The summed E-state index contributed by atoms with van der Waals surface area (Å²) in [6, 6.07) is 0. The van der Waals surface area contributed by atoms with Crippen molar-refractivity contribution in [1.82, 2.24) is 10.2 Å². The maximum Gasteiger partial charge on any atom is 0.305 e. The molecule has 1 saturated heterocycles. The van der Waals surface area contributed by atoms with E-state index in [4.69, 9.17) is 0 Å². The highest BCUT2D eigenvalue weighted by Gasteiger charge is 2.12. The number of esters is 1. The number of methoxy groups -OCH3 is 1. The minimum atomic E-state index is -0.123. The van der Waals surface area contributed by atoms with Crippen LogP contribution in [0.2, 0.25) is 0 Å². The summed E-state index contributed by atoms with van der Waals surface area (Å²) < 4.78 is 4.62. The van der Waals surface area contributed by atoms with E-state index in [-0.39, 0.29) is 11.9 Å². The van der Waals surface area contributed by atoms with Crippen LogP contribution < -0.4 is 5.32 Å². The first-order valence-electron chi connectivity index (χ1n) is 10.7. The van der Waals surface area contributed by atoms with Crippen LogP contribution in [0.5, 0.6) is 0 Å². The van der Waals surface area contributed by atoms with Gasteiger partial charge in [-0.1, -0.05) is 32.6 Å². The molecule has 0 spiro atoms. The predicted octanol–water partition coefficient (Wildman–Crippen LogP) is 3.91. The molecule has 1 atom stereocenters. The Kier molecular flexibility index (Phi) is 13.2. The van der Waals surface area contributed by atoms with Crippen molar-refractivity contribution in [2.75, 3.05) is 33.3 Å². The fourth-order valence-electron chi connectivity index (χ4n) is 3.45. The van der Waals surface area contributed by atoms with Gasteiger partial charge in [0.25, 0.3) is 0 Å². The predicted molar refractivity (Wildman–Crippen MR) is 106 cm³/mol. The molecule has 1 rings (SSSR count). The zero-order chi connectivity index (χ0) is 19.0. The van der Waals surface area contributed by atoms with Crippen molar-refractivity contribution in [3.63, 3.8) is 0 Å². The van der Waals surface area contributed by atoms with Crippen molar-refractivity contribution >= 4 is 11.9 Å². The molecule has 5 nitrogen and oxygen atoms in total. The number of hydrogen-bond donors (Lipinski definition) is 1. The Bertz CT molecular complexity index is 381. The second kappa shape index (κ2) is 15.0. The highest BCUT2D eigenvalue weighted by Crippen LogP contribution is 2.14. The Hall–Kier alpha value is -1.10. The first kappa shape index (κ1) is 22.9. The number of hydrogen-bond acceptors (Lipinski definition) is 4. The van der Waals surface area contributed by atoms with Gasteiger partial charge in [-0.3, -0.25) is 9.59 Å². The van der Waals surface area contributed by atoms with Gasteiger partial charge in [0.05, 0.1) is 7.11 Å². The summed E-state index contributed by atoms with van der Waals surface area (Å²) in [5.74, 6) is 0.695. The molecule has 0 aromatic rings. The summed E-state index contributed by atoms with van der Waals surface area (Å²) in [4.78, 5) is 25.5. The summed E-state index contributed by atoms with van der Waals surface area (Å²) >= 11 is 0. The molecule has 1 aliphatic heterocycles. The fraction of sp³-hybridized carbons (Fsp3) is 0.905. The van der Waals surface area contributed by atoms with Crippen molar-refractivity contribution < 1.29 is 14.3 Å². The van der Waals surface area contributed by atoms with Gasteiger partial charge in [-0.25, -0.2) is 0 Å². The van der Waals surface area contributed by atoms with Crippen LogP contribution in [0.15, 0.2) is 0 Å². The number of piperidine rings is 1. The minimum Gasteiger partial charge on any atom is -0.469 e. The molecular weight excluding hydrogens is 328 g/mol. The van der Waals surface area contributed by atoms with Gasteiger partial charge in [0.1, 0.15) is 0 Å². The van der Waals surface area contributed by atoms with Gasteiger partial charge in [0, 0.05) is 19.4 Å². The van der Waals surface area contributed by atoms with Crippen LogP contribution in [-0.2, 0) is 14.3 Å². The lowest BCUT2D eigenvalue weighted by atomic mass is 10.0. The van der Waals surface area contributed by atoms with E-state index in [0.29, 0.717) is 18.8 Å². The summed E-state index contributed by atoms with van der Waals surface area (Å²) in [5, 5.41) is 3.04. The van der Waals surface area contributed by atoms with Crippen LogP contribution in [0.25, 0.3) is 0 Å². The van der Waals surface area contributed by atoms with Crippen LogP contribution in [0.4, 0.5) is 0 Å². The third-order valence-corrected chi connectivity index (χ3v) is 5.36. The third-order valence-electron chi connectivity index (χ3n) is 5.36. The zero-order valence-corrected chi connectivity index (χ0v) is 17.1. The molecule has 5 heteroatoms. The van der Waals surface area contributed by atoms with Gasteiger partial charge in [-0.05, 0) is 64.1 Å². The number of ether oxygens (including phenoxy) is 1.